The third-order valence-electron chi connectivity index (χ3n) is 4.36. The first-order chi connectivity index (χ1) is 15.0. The van der Waals surface area contributed by atoms with Crippen molar-refractivity contribution in [2.24, 2.45) is 0 Å². The molecule has 0 atom stereocenters. The van der Waals surface area contributed by atoms with Crippen molar-refractivity contribution in [2.75, 3.05) is 4.72 Å². The smallest absolute Gasteiger partial charge is 0.263 e. The Morgan fingerprint density at radius 2 is 1.42 bits per heavy atom. The van der Waals surface area contributed by atoms with Crippen molar-refractivity contribution >= 4 is 22.1 Å². The highest BCUT2D eigenvalue weighted by Crippen LogP contribution is 2.27. The van der Waals surface area contributed by atoms with Crippen molar-refractivity contribution in [1.29, 1.82) is 0 Å². The molecule has 8 heteroatoms. The van der Waals surface area contributed by atoms with E-state index < -0.39 is 10.0 Å². The van der Waals surface area contributed by atoms with E-state index in [9.17, 15) is 13.2 Å². The van der Waals surface area contributed by atoms with Crippen molar-refractivity contribution in [2.45, 2.75) is 4.90 Å². The zero-order valence-corrected chi connectivity index (χ0v) is 17.0. The molecule has 31 heavy (non-hydrogen) atoms. The Bertz CT molecular complexity index is 1290. The van der Waals surface area contributed by atoms with Crippen LogP contribution in [0.15, 0.2) is 96.2 Å². The Labute approximate surface area is 179 Å². The number of sulfonamides is 1. The van der Waals surface area contributed by atoms with Crippen LogP contribution in [0, 0.1) is 0 Å². The van der Waals surface area contributed by atoms with Gasteiger partial charge in [0.05, 0.1) is 4.90 Å². The molecule has 0 aliphatic heterocycles. The lowest BCUT2D eigenvalue weighted by Crippen LogP contribution is -2.15. The van der Waals surface area contributed by atoms with Crippen molar-refractivity contribution in [1.82, 2.24) is 9.97 Å². The van der Waals surface area contributed by atoms with Gasteiger partial charge in [0, 0.05) is 23.5 Å². The molecule has 1 N–H and O–H groups in total. The largest absolute Gasteiger partial charge is 0.457 e. The minimum atomic E-state index is -3.91. The summed E-state index contributed by atoms with van der Waals surface area (Å²) < 4.78 is 34.0. The Hall–Kier alpha value is -4.04. The van der Waals surface area contributed by atoms with Gasteiger partial charge >= 0.3 is 0 Å². The fourth-order valence-electron chi connectivity index (χ4n) is 2.84. The van der Waals surface area contributed by atoms with Gasteiger partial charge < -0.3 is 4.74 Å². The van der Waals surface area contributed by atoms with Gasteiger partial charge in [0.2, 0.25) is 0 Å². The summed E-state index contributed by atoms with van der Waals surface area (Å²) in [6, 6.07) is 21.9. The molecule has 0 amide bonds. The van der Waals surface area contributed by atoms with Crippen LogP contribution in [0.4, 0.5) is 5.82 Å². The molecule has 4 rings (SSSR count). The Morgan fingerprint density at radius 1 is 0.774 bits per heavy atom. The topological polar surface area (TPSA) is 98.3 Å². The molecule has 0 aliphatic carbocycles. The van der Waals surface area contributed by atoms with E-state index >= 15 is 0 Å². The lowest BCUT2D eigenvalue weighted by molar-refractivity contribution is 0.112. The number of aldehydes is 1. The number of ether oxygens (including phenoxy) is 1. The summed E-state index contributed by atoms with van der Waals surface area (Å²) in [5.41, 5.74) is 1.49. The minimum Gasteiger partial charge on any atom is -0.457 e. The maximum Gasteiger partial charge on any atom is 0.263 e. The molecule has 0 bridgehead atoms. The van der Waals surface area contributed by atoms with E-state index in [0.29, 0.717) is 28.3 Å². The number of benzene rings is 3. The molecule has 0 fully saturated rings. The summed E-state index contributed by atoms with van der Waals surface area (Å²) in [5, 5.41) is 0. The number of nitrogens with one attached hydrogen (secondary N) is 1. The van der Waals surface area contributed by atoms with E-state index in [2.05, 4.69) is 14.7 Å². The van der Waals surface area contributed by atoms with Crippen molar-refractivity contribution in [3.8, 4) is 22.8 Å². The number of aromatic nitrogens is 2. The van der Waals surface area contributed by atoms with Gasteiger partial charge in [0.1, 0.15) is 23.5 Å². The average molecular weight is 431 g/mol. The summed E-state index contributed by atoms with van der Waals surface area (Å²) in [6.07, 6.45) is 3.60. The standard InChI is InChI=1S/C23H17N3O4S/c27-16-17-6-8-18(9-7-17)22-23(25-15-14-24-22)26-31(28,29)21-12-10-20(11-13-21)30-19-4-2-1-3-5-19/h1-16H,(H,25,26). The summed E-state index contributed by atoms with van der Waals surface area (Å²) in [7, 11) is -3.91. The fraction of sp³-hybridized carbons (Fsp3) is 0. The van der Waals surface area contributed by atoms with Crippen LogP contribution in [-0.4, -0.2) is 24.7 Å². The van der Waals surface area contributed by atoms with Crippen LogP contribution >= 0.6 is 0 Å². The molecule has 0 aliphatic rings. The summed E-state index contributed by atoms with van der Waals surface area (Å²) in [6.45, 7) is 0. The van der Waals surface area contributed by atoms with Crippen LogP contribution in [-0.2, 0) is 10.0 Å². The Kier molecular flexibility index (Phi) is 5.72. The first-order valence-electron chi connectivity index (χ1n) is 9.27. The van der Waals surface area contributed by atoms with E-state index in [1.807, 2.05) is 30.3 Å². The van der Waals surface area contributed by atoms with Gasteiger partial charge in [0.15, 0.2) is 5.82 Å². The zero-order valence-electron chi connectivity index (χ0n) is 16.2. The highest BCUT2D eigenvalue weighted by atomic mass is 32.2. The number of carbonyl (C=O) groups is 1. The van der Waals surface area contributed by atoms with Gasteiger partial charge in [-0.15, -0.1) is 0 Å². The second kappa shape index (κ2) is 8.76. The zero-order chi connectivity index (χ0) is 21.7. The third-order valence-corrected chi connectivity index (χ3v) is 5.72. The van der Waals surface area contributed by atoms with Gasteiger partial charge in [-0.1, -0.05) is 42.5 Å². The fourth-order valence-corrected chi connectivity index (χ4v) is 3.86. The maximum absolute atomic E-state index is 12.9. The van der Waals surface area contributed by atoms with Gasteiger partial charge in [-0.25, -0.2) is 13.4 Å². The lowest BCUT2D eigenvalue weighted by Gasteiger charge is -2.12. The van der Waals surface area contributed by atoms with Crippen molar-refractivity contribution in [3.63, 3.8) is 0 Å². The molecule has 1 aromatic heterocycles. The summed E-state index contributed by atoms with van der Waals surface area (Å²) in [4.78, 5) is 19.3. The van der Waals surface area contributed by atoms with Gasteiger partial charge in [-0.05, 0) is 36.4 Å². The number of hydrogen-bond acceptors (Lipinski definition) is 6. The van der Waals surface area contributed by atoms with Gasteiger partial charge in [0.25, 0.3) is 10.0 Å². The predicted molar refractivity (Wildman–Crippen MR) is 117 cm³/mol. The number of rotatable bonds is 7. The van der Waals surface area contributed by atoms with Crippen LogP contribution < -0.4 is 9.46 Å². The number of anilines is 1. The SMILES string of the molecule is O=Cc1ccc(-c2nccnc2NS(=O)(=O)c2ccc(Oc3ccccc3)cc2)cc1. The lowest BCUT2D eigenvalue weighted by atomic mass is 10.1. The molecule has 7 nitrogen and oxygen atoms in total. The normalized spacial score (nSPS) is 11.0. The molecule has 3 aromatic carbocycles. The summed E-state index contributed by atoms with van der Waals surface area (Å²) >= 11 is 0. The van der Waals surface area contributed by atoms with E-state index in [4.69, 9.17) is 4.74 Å². The molecule has 0 saturated carbocycles. The molecule has 154 valence electrons. The Balaban J connectivity index is 1.57. The van der Waals surface area contributed by atoms with Crippen LogP contribution in [0.3, 0.4) is 0 Å². The number of carbonyl (C=O) groups excluding carboxylic acids is 1. The molecule has 1 heterocycles. The molecule has 0 unspecified atom stereocenters. The maximum atomic E-state index is 12.9. The van der Waals surface area contributed by atoms with Crippen molar-refractivity contribution < 1.29 is 17.9 Å². The Morgan fingerprint density at radius 3 is 2.10 bits per heavy atom. The van der Waals surface area contributed by atoms with Crippen molar-refractivity contribution in [3.05, 3.63) is 96.8 Å². The van der Waals surface area contributed by atoms with E-state index in [0.717, 1.165) is 6.29 Å². The number of para-hydroxylation sites is 1. The number of hydrogen-bond donors (Lipinski definition) is 1. The number of nitrogens with zero attached hydrogens (tertiary/aromatic N) is 2. The van der Waals surface area contributed by atoms with Crippen LogP contribution in [0.5, 0.6) is 11.5 Å². The quantitative estimate of drug-likeness (QED) is 0.431. The second-order valence-corrected chi connectivity index (χ2v) is 8.17. The van der Waals surface area contributed by atoms with E-state index in [-0.39, 0.29) is 10.7 Å². The third kappa shape index (κ3) is 4.76. The highest BCUT2D eigenvalue weighted by Gasteiger charge is 2.18. The highest BCUT2D eigenvalue weighted by molar-refractivity contribution is 7.92. The second-order valence-electron chi connectivity index (χ2n) is 6.49. The summed E-state index contributed by atoms with van der Waals surface area (Å²) in [5.74, 6) is 1.26. The van der Waals surface area contributed by atoms with Gasteiger partial charge in [-0.3, -0.25) is 14.5 Å². The average Bonchev–Trinajstić information content (AvgIpc) is 2.80. The van der Waals surface area contributed by atoms with E-state index in [1.165, 1.54) is 24.5 Å². The monoisotopic (exact) mass is 431 g/mol. The predicted octanol–water partition coefficient (Wildman–Crippen LogP) is 4.55. The van der Waals surface area contributed by atoms with E-state index in [1.54, 1.807) is 36.4 Å². The molecule has 0 radical (unpaired) electrons. The molecular formula is C23H17N3O4S. The van der Waals surface area contributed by atoms with Crippen LogP contribution in [0.25, 0.3) is 11.3 Å². The first-order valence-corrected chi connectivity index (χ1v) is 10.8. The van der Waals surface area contributed by atoms with Crippen LogP contribution in [0.1, 0.15) is 10.4 Å². The molecule has 4 aromatic rings. The molecular weight excluding hydrogens is 414 g/mol. The first kappa shape index (κ1) is 20.2. The minimum absolute atomic E-state index is 0.0563. The van der Waals surface area contributed by atoms with Crippen LogP contribution in [0.2, 0.25) is 0 Å². The molecule has 0 spiro atoms. The molecule has 0 saturated heterocycles. The van der Waals surface area contributed by atoms with Gasteiger partial charge in [-0.2, -0.15) is 0 Å².